The molecule has 8 nitrogen and oxygen atoms in total. The van der Waals surface area contributed by atoms with E-state index >= 15 is 0 Å². The summed E-state index contributed by atoms with van der Waals surface area (Å²) >= 11 is 0. The third-order valence-corrected chi connectivity index (χ3v) is 12.4. The van der Waals surface area contributed by atoms with Crippen molar-refractivity contribution in [2.45, 2.75) is 26.2 Å². The summed E-state index contributed by atoms with van der Waals surface area (Å²) in [5, 5.41) is 5.90. The number of hydrogen-bond acceptors (Lipinski definition) is 5. The molecule has 6 aromatic carbocycles. The van der Waals surface area contributed by atoms with Crippen molar-refractivity contribution in [1.29, 1.82) is 0 Å². The van der Waals surface area contributed by atoms with E-state index in [4.69, 9.17) is 14.7 Å². The summed E-state index contributed by atoms with van der Waals surface area (Å²) in [5.74, 6) is 1.97. The third kappa shape index (κ3) is 5.63. The van der Waals surface area contributed by atoms with Gasteiger partial charge in [0.2, 0.25) is 0 Å². The Balaban J connectivity index is 0.00000432. The average Bonchev–Trinajstić information content (AvgIpc) is 4.00. The summed E-state index contributed by atoms with van der Waals surface area (Å²) in [5.41, 5.74) is 12.7. The van der Waals surface area contributed by atoms with Crippen LogP contribution in [0.15, 0.2) is 146 Å². The Morgan fingerprint density at radius 3 is 1.92 bits per heavy atom. The van der Waals surface area contributed by atoms with Crippen LogP contribution in [0, 0.1) is 18.8 Å². The monoisotopic (exact) mass is 985 g/mol. The maximum atomic E-state index is 6.64. The SMILES string of the molecule is Cn1c2ccccc2c2cc3c4ccccc4n(C)c3c(N3[CH-]N(c4[c-]c(Oc5[c-]c6c(cc5)c5ncccc5n6-c5cc(C(C)(C)C)ccn5)ccc4)c4ccccc43)c21.[Pt]. The molecule has 0 bridgehead atoms. The second kappa shape index (κ2) is 14.1. The van der Waals surface area contributed by atoms with Crippen LogP contribution >= 0.6 is 0 Å². The molecule has 9 heteroatoms. The summed E-state index contributed by atoms with van der Waals surface area (Å²) in [4.78, 5) is 14.2. The number of fused-ring (bicyclic) bond motifs is 10. The van der Waals surface area contributed by atoms with Crippen LogP contribution in [-0.4, -0.2) is 23.7 Å². The van der Waals surface area contributed by atoms with E-state index in [1.807, 2.05) is 36.7 Å². The molecule has 1 aliphatic heterocycles. The van der Waals surface area contributed by atoms with Crippen molar-refractivity contribution >= 4 is 88.3 Å². The molecule has 0 spiro atoms. The Morgan fingerprint density at radius 1 is 0.565 bits per heavy atom. The molecule has 1 aliphatic rings. The number of hydrogen-bond donors (Lipinski definition) is 0. The molecular weight excluding hydrogens is 946 g/mol. The maximum absolute atomic E-state index is 6.64. The Bertz CT molecular complexity index is 3500. The maximum Gasteiger partial charge on any atom is 0.135 e. The number of nitrogens with zero attached hydrogens (tertiary/aromatic N) is 7. The topological polar surface area (TPSA) is 56.3 Å². The first-order valence-electron chi connectivity index (χ1n) is 20.6. The van der Waals surface area contributed by atoms with Gasteiger partial charge in [-0.25, -0.2) is 4.98 Å². The van der Waals surface area contributed by atoms with Gasteiger partial charge >= 0.3 is 0 Å². The Hall–Kier alpha value is -6.89. The van der Waals surface area contributed by atoms with Crippen LogP contribution in [0.5, 0.6) is 11.5 Å². The molecule has 306 valence electrons. The molecule has 0 saturated carbocycles. The van der Waals surface area contributed by atoms with Crippen LogP contribution in [-0.2, 0) is 40.6 Å². The van der Waals surface area contributed by atoms with Crippen molar-refractivity contribution in [3.05, 3.63) is 170 Å². The summed E-state index contributed by atoms with van der Waals surface area (Å²) in [6, 6.07) is 53.9. The molecule has 0 amide bonds. The minimum atomic E-state index is -0.0383. The second-order valence-corrected chi connectivity index (χ2v) is 17.0. The smallest absolute Gasteiger partial charge is 0.135 e. The molecule has 0 fully saturated rings. The van der Waals surface area contributed by atoms with Crippen LogP contribution in [0.4, 0.5) is 22.7 Å². The molecule has 0 saturated heterocycles. The van der Waals surface area contributed by atoms with Gasteiger partial charge in [0.25, 0.3) is 0 Å². The molecule has 11 aromatic rings. The molecule has 0 N–H and O–H groups in total. The number of aromatic nitrogens is 5. The zero-order valence-electron chi connectivity index (χ0n) is 34.8. The van der Waals surface area contributed by atoms with Crippen molar-refractivity contribution in [3.8, 4) is 17.3 Å². The predicted octanol–water partition coefficient (Wildman–Crippen LogP) is 13.0. The van der Waals surface area contributed by atoms with Gasteiger partial charge in [-0.15, -0.1) is 42.7 Å². The third-order valence-electron chi connectivity index (χ3n) is 12.4. The quantitative estimate of drug-likeness (QED) is 0.161. The van der Waals surface area contributed by atoms with E-state index in [1.54, 1.807) is 0 Å². The van der Waals surface area contributed by atoms with Crippen molar-refractivity contribution < 1.29 is 25.8 Å². The zero-order chi connectivity index (χ0) is 41.1. The minimum Gasteiger partial charge on any atom is -0.509 e. The van der Waals surface area contributed by atoms with Crippen LogP contribution in [0.1, 0.15) is 26.3 Å². The molecular formula is C53H40N7OPt-3. The average molecular weight is 986 g/mol. The van der Waals surface area contributed by atoms with E-state index in [-0.39, 0.29) is 26.5 Å². The molecule has 0 aliphatic carbocycles. The number of para-hydroxylation sites is 4. The van der Waals surface area contributed by atoms with E-state index in [0.29, 0.717) is 11.5 Å². The molecule has 0 atom stereocenters. The number of rotatable bonds is 5. The van der Waals surface area contributed by atoms with Gasteiger partial charge in [-0.3, -0.25) is 4.98 Å². The standard InChI is InChI=1S/C53H40N7O.Pt/c1-53(2,3)33-25-27-54-48(28-33)60-46-22-13-26-55-49(46)39-24-23-36(30-47(39)60)61-35-15-12-14-34(29-35)58-32-59(45-21-11-10-20-44(45)58)52-50-40(37-16-6-8-18-42(37)56(50)4)31-41-38-17-7-9-19-43(38)57(5)51(41)52;/h6-28,31-32H,1-5H3;/q-3;. The summed E-state index contributed by atoms with van der Waals surface area (Å²) in [7, 11) is 4.36. The van der Waals surface area contributed by atoms with Gasteiger partial charge in [-0.1, -0.05) is 80.2 Å². The molecule has 5 aromatic heterocycles. The second-order valence-electron chi connectivity index (χ2n) is 17.0. The van der Waals surface area contributed by atoms with Gasteiger partial charge in [-0.05, 0) is 65.6 Å². The predicted molar refractivity (Wildman–Crippen MR) is 249 cm³/mol. The van der Waals surface area contributed by atoms with Crippen LogP contribution in [0.25, 0.3) is 71.4 Å². The van der Waals surface area contributed by atoms with E-state index in [0.717, 1.165) is 50.5 Å². The van der Waals surface area contributed by atoms with Crippen LogP contribution < -0.4 is 14.5 Å². The Kier molecular flexibility index (Phi) is 8.64. The Morgan fingerprint density at radius 2 is 1.21 bits per heavy atom. The van der Waals surface area contributed by atoms with Crippen molar-refractivity contribution in [1.82, 2.24) is 23.7 Å². The summed E-state index contributed by atoms with van der Waals surface area (Å²) in [6.45, 7) is 8.85. The number of anilines is 4. The summed E-state index contributed by atoms with van der Waals surface area (Å²) in [6.07, 6.45) is 3.71. The van der Waals surface area contributed by atoms with E-state index < -0.39 is 0 Å². The van der Waals surface area contributed by atoms with Gasteiger partial charge < -0.3 is 28.2 Å². The van der Waals surface area contributed by atoms with Gasteiger partial charge in [-0.2, -0.15) is 12.1 Å². The van der Waals surface area contributed by atoms with Gasteiger partial charge in [0.1, 0.15) is 5.82 Å². The molecule has 6 heterocycles. The number of aryl methyl sites for hydroxylation is 2. The fraction of sp³-hybridized carbons (Fsp3) is 0.113. The van der Waals surface area contributed by atoms with Crippen molar-refractivity contribution in [2.24, 2.45) is 14.1 Å². The van der Waals surface area contributed by atoms with Gasteiger partial charge in [0, 0.05) is 109 Å². The number of benzene rings is 6. The van der Waals surface area contributed by atoms with Crippen LogP contribution in [0.2, 0.25) is 0 Å². The van der Waals surface area contributed by atoms with Crippen LogP contribution in [0.3, 0.4) is 0 Å². The van der Waals surface area contributed by atoms with Gasteiger partial charge in [0.15, 0.2) is 0 Å². The van der Waals surface area contributed by atoms with E-state index in [2.05, 4.69) is 186 Å². The molecule has 0 radical (unpaired) electrons. The van der Waals surface area contributed by atoms with Crippen molar-refractivity contribution in [2.75, 3.05) is 9.80 Å². The normalized spacial score (nSPS) is 13.0. The van der Waals surface area contributed by atoms with E-state index in [9.17, 15) is 0 Å². The first-order valence-corrected chi connectivity index (χ1v) is 20.6. The first-order chi connectivity index (χ1) is 29.7. The zero-order valence-corrected chi connectivity index (χ0v) is 37.1. The van der Waals surface area contributed by atoms with E-state index in [1.165, 1.54) is 49.2 Å². The largest absolute Gasteiger partial charge is 0.509 e. The number of ether oxygens (including phenoxy) is 1. The fourth-order valence-corrected chi connectivity index (χ4v) is 9.47. The number of pyridine rings is 2. The molecule has 0 unspecified atom stereocenters. The first kappa shape index (κ1) is 38.1. The Labute approximate surface area is 373 Å². The fourth-order valence-electron chi connectivity index (χ4n) is 9.47. The summed E-state index contributed by atoms with van der Waals surface area (Å²) < 4.78 is 13.5. The molecule has 62 heavy (non-hydrogen) atoms. The van der Waals surface area contributed by atoms with Crippen molar-refractivity contribution in [3.63, 3.8) is 0 Å². The minimum absolute atomic E-state index is 0. The van der Waals surface area contributed by atoms with Gasteiger partial charge in [0.05, 0.1) is 22.2 Å². The molecule has 12 rings (SSSR count).